The molecule has 6 heteroatoms. The zero-order chi connectivity index (χ0) is 13.8. The van der Waals surface area contributed by atoms with Crippen LogP contribution in [0.5, 0.6) is 0 Å². The van der Waals surface area contributed by atoms with E-state index in [4.69, 9.17) is 11.6 Å². The minimum Gasteiger partial charge on any atom is -0.398 e. The number of rotatable bonds is 4. The Hall–Kier alpha value is -2.05. The Morgan fingerprint density at radius 1 is 1.26 bits per heavy atom. The molecule has 2 rings (SSSR count). The molecule has 1 heterocycles. The van der Waals surface area contributed by atoms with Gasteiger partial charge in [0.1, 0.15) is 11.6 Å². The summed E-state index contributed by atoms with van der Waals surface area (Å²) in [6, 6.07) is 4.68. The molecule has 1 aromatic carbocycles. The van der Waals surface area contributed by atoms with E-state index in [9.17, 15) is 8.78 Å². The Labute approximate surface area is 109 Å². The van der Waals surface area contributed by atoms with Gasteiger partial charge in [0.25, 0.3) is 0 Å². The van der Waals surface area contributed by atoms with Crippen molar-refractivity contribution in [1.82, 2.24) is 10.4 Å². The van der Waals surface area contributed by atoms with Gasteiger partial charge >= 0.3 is 0 Å². The first-order chi connectivity index (χ1) is 9.11. The standard InChI is InChI=1S/C13H14F2N4/c14-9-2-1-8(11(15)6-9)5-13(19-17)10-7-18-4-3-12(10)16/h1-4,6-7,13,19H,5,17H2,(H2,16,18). The molecule has 0 aliphatic heterocycles. The molecule has 100 valence electrons. The fourth-order valence-corrected chi connectivity index (χ4v) is 1.87. The number of anilines is 1. The van der Waals surface area contributed by atoms with Gasteiger partial charge < -0.3 is 5.73 Å². The molecule has 0 amide bonds. The molecule has 1 unspecified atom stereocenters. The normalized spacial score (nSPS) is 12.4. The van der Waals surface area contributed by atoms with Gasteiger partial charge in [-0.2, -0.15) is 0 Å². The molecule has 0 spiro atoms. The van der Waals surface area contributed by atoms with Crippen LogP contribution in [0.3, 0.4) is 0 Å². The van der Waals surface area contributed by atoms with Crippen LogP contribution in [-0.4, -0.2) is 4.98 Å². The first-order valence-electron chi connectivity index (χ1n) is 5.71. The molecule has 0 aliphatic rings. The van der Waals surface area contributed by atoms with Gasteiger partial charge in [-0.15, -0.1) is 0 Å². The van der Waals surface area contributed by atoms with Gasteiger partial charge in [-0.3, -0.25) is 16.3 Å². The number of halogens is 2. The zero-order valence-electron chi connectivity index (χ0n) is 10.1. The molecule has 19 heavy (non-hydrogen) atoms. The Balaban J connectivity index is 2.27. The lowest BCUT2D eigenvalue weighted by atomic mass is 9.99. The first kappa shape index (κ1) is 13.4. The minimum atomic E-state index is -0.612. The third kappa shape index (κ3) is 3.04. The van der Waals surface area contributed by atoms with E-state index < -0.39 is 17.7 Å². The van der Waals surface area contributed by atoms with Crippen LogP contribution in [0, 0.1) is 11.6 Å². The van der Waals surface area contributed by atoms with Crippen LogP contribution in [0.1, 0.15) is 17.2 Å². The van der Waals surface area contributed by atoms with Crippen LogP contribution in [0.15, 0.2) is 36.7 Å². The number of nitrogens with zero attached hydrogens (tertiary/aromatic N) is 1. The minimum absolute atomic E-state index is 0.249. The van der Waals surface area contributed by atoms with Crippen molar-refractivity contribution in [1.29, 1.82) is 0 Å². The van der Waals surface area contributed by atoms with Crippen LogP contribution in [0.4, 0.5) is 14.5 Å². The lowest BCUT2D eigenvalue weighted by molar-refractivity contribution is 0.522. The lowest BCUT2D eigenvalue weighted by Crippen LogP contribution is -2.30. The Kier molecular flexibility index (Phi) is 4.03. The van der Waals surface area contributed by atoms with Crippen molar-refractivity contribution in [2.75, 3.05) is 5.73 Å². The number of hydrazine groups is 1. The maximum absolute atomic E-state index is 13.6. The summed E-state index contributed by atoms with van der Waals surface area (Å²) in [4.78, 5) is 3.96. The molecule has 2 aromatic rings. The maximum Gasteiger partial charge on any atom is 0.129 e. The number of benzene rings is 1. The highest BCUT2D eigenvalue weighted by molar-refractivity contribution is 5.46. The third-order valence-electron chi connectivity index (χ3n) is 2.90. The van der Waals surface area contributed by atoms with E-state index in [1.54, 1.807) is 18.5 Å². The van der Waals surface area contributed by atoms with Crippen LogP contribution in [0.2, 0.25) is 0 Å². The number of aromatic nitrogens is 1. The molecule has 0 fully saturated rings. The number of nitrogen functional groups attached to an aromatic ring is 1. The van der Waals surface area contributed by atoms with E-state index in [2.05, 4.69) is 10.4 Å². The summed E-state index contributed by atoms with van der Waals surface area (Å²) in [7, 11) is 0. The summed E-state index contributed by atoms with van der Waals surface area (Å²) >= 11 is 0. The smallest absolute Gasteiger partial charge is 0.129 e. The highest BCUT2D eigenvalue weighted by Gasteiger charge is 2.16. The number of pyridine rings is 1. The van der Waals surface area contributed by atoms with Gasteiger partial charge in [0.05, 0.1) is 6.04 Å². The topological polar surface area (TPSA) is 77.0 Å². The second-order valence-electron chi connectivity index (χ2n) is 4.16. The predicted octanol–water partition coefficient (Wildman–Crippen LogP) is 1.69. The average Bonchev–Trinajstić information content (AvgIpc) is 2.39. The summed E-state index contributed by atoms with van der Waals surface area (Å²) in [6.45, 7) is 0. The Morgan fingerprint density at radius 2 is 2.05 bits per heavy atom. The van der Waals surface area contributed by atoms with E-state index in [1.807, 2.05) is 0 Å². The molecular weight excluding hydrogens is 250 g/mol. The number of hydrogen-bond donors (Lipinski definition) is 3. The van der Waals surface area contributed by atoms with Gasteiger partial charge in [0.2, 0.25) is 0 Å². The van der Waals surface area contributed by atoms with Crippen molar-refractivity contribution in [2.45, 2.75) is 12.5 Å². The van der Waals surface area contributed by atoms with E-state index >= 15 is 0 Å². The molecule has 5 N–H and O–H groups in total. The van der Waals surface area contributed by atoms with E-state index in [0.717, 1.165) is 6.07 Å². The summed E-state index contributed by atoms with van der Waals surface area (Å²) < 4.78 is 26.5. The molecule has 0 radical (unpaired) electrons. The van der Waals surface area contributed by atoms with E-state index in [-0.39, 0.29) is 6.42 Å². The van der Waals surface area contributed by atoms with Gasteiger partial charge in [0, 0.05) is 29.7 Å². The second-order valence-corrected chi connectivity index (χ2v) is 4.16. The molecular formula is C13H14F2N4. The van der Waals surface area contributed by atoms with Crippen LogP contribution in [-0.2, 0) is 6.42 Å². The summed E-state index contributed by atoms with van der Waals surface area (Å²) in [6.07, 6.45) is 3.38. The van der Waals surface area contributed by atoms with Gasteiger partial charge in [-0.25, -0.2) is 8.78 Å². The third-order valence-corrected chi connectivity index (χ3v) is 2.90. The summed E-state index contributed by atoms with van der Waals surface area (Å²) in [5.41, 5.74) is 9.94. The Bertz CT molecular complexity index is 574. The highest BCUT2D eigenvalue weighted by Crippen LogP contribution is 2.23. The zero-order valence-corrected chi connectivity index (χ0v) is 10.1. The van der Waals surface area contributed by atoms with Gasteiger partial charge in [-0.1, -0.05) is 6.07 Å². The molecule has 4 nitrogen and oxygen atoms in total. The monoisotopic (exact) mass is 264 g/mol. The van der Waals surface area contributed by atoms with Crippen molar-refractivity contribution in [3.8, 4) is 0 Å². The fraction of sp³-hybridized carbons (Fsp3) is 0.154. The summed E-state index contributed by atoms with van der Waals surface area (Å²) in [5.74, 6) is 4.25. The highest BCUT2D eigenvalue weighted by atomic mass is 19.1. The molecule has 1 atom stereocenters. The van der Waals surface area contributed by atoms with Crippen molar-refractivity contribution < 1.29 is 8.78 Å². The van der Waals surface area contributed by atoms with E-state index in [1.165, 1.54) is 12.1 Å². The molecule has 0 saturated heterocycles. The van der Waals surface area contributed by atoms with Crippen molar-refractivity contribution in [3.05, 3.63) is 59.4 Å². The molecule has 0 bridgehead atoms. The van der Waals surface area contributed by atoms with Crippen LogP contribution >= 0.6 is 0 Å². The molecule has 0 saturated carbocycles. The fourth-order valence-electron chi connectivity index (χ4n) is 1.87. The number of hydrogen-bond acceptors (Lipinski definition) is 4. The lowest BCUT2D eigenvalue weighted by Gasteiger charge is -2.18. The second kappa shape index (κ2) is 5.73. The SMILES string of the molecule is NNC(Cc1ccc(F)cc1F)c1cnccc1N. The first-order valence-corrected chi connectivity index (χ1v) is 5.71. The van der Waals surface area contributed by atoms with Gasteiger partial charge in [0.15, 0.2) is 0 Å². The van der Waals surface area contributed by atoms with Crippen molar-refractivity contribution >= 4 is 5.69 Å². The molecule has 0 aliphatic carbocycles. The van der Waals surface area contributed by atoms with Crippen LogP contribution < -0.4 is 17.0 Å². The largest absolute Gasteiger partial charge is 0.398 e. The number of nitrogens with one attached hydrogen (secondary N) is 1. The Morgan fingerprint density at radius 3 is 2.68 bits per heavy atom. The van der Waals surface area contributed by atoms with Crippen LogP contribution in [0.25, 0.3) is 0 Å². The van der Waals surface area contributed by atoms with Crippen molar-refractivity contribution in [2.24, 2.45) is 5.84 Å². The summed E-state index contributed by atoms with van der Waals surface area (Å²) in [5, 5.41) is 0. The average molecular weight is 264 g/mol. The number of nitrogens with two attached hydrogens (primary N) is 2. The van der Waals surface area contributed by atoms with Crippen molar-refractivity contribution in [3.63, 3.8) is 0 Å². The quantitative estimate of drug-likeness (QED) is 0.580. The predicted molar refractivity (Wildman–Crippen MR) is 68.8 cm³/mol. The maximum atomic E-state index is 13.6. The molecule has 1 aromatic heterocycles. The van der Waals surface area contributed by atoms with Gasteiger partial charge in [-0.05, 0) is 24.1 Å². The van der Waals surface area contributed by atoms with E-state index in [0.29, 0.717) is 16.8 Å².